The van der Waals surface area contributed by atoms with Crippen LogP contribution < -0.4 is 10.9 Å². The lowest BCUT2D eigenvalue weighted by atomic mass is 10.2. The number of anilines is 1. The highest BCUT2D eigenvalue weighted by Gasteiger charge is 2.12. The zero-order chi connectivity index (χ0) is 16.8. The lowest BCUT2D eigenvalue weighted by Gasteiger charge is -2.11. The van der Waals surface area contributed by atoms with Gasteiger partial charge in [-0.25, -0.2) is 0 Å². The first-order valence-electron chi connectivity index (χ1n) is 6.88. The maximum atomic E-state index is 12.4. The molecule has 1 aromatic heterocycles. The van der Waals surface area contributed by atoms with Gasteiger partial charge in [0.25, 0.3) is 5.56 Å². The SMILES string of the molecule is N#CCCCCNc1cnn(-c2ccc(Cl)cc2Cl)c(=O)c1Cl. The first kappa shape index (κ1) is 17.6. The number of unbranched alkanes of at least 4 members (excludes halogenated alkanes) is 2. The van der Waals surface area contributed by atoms with Crippen LogP contribution in [0.2, 0.25) is 15.1 Å². The van der Waals surface area contributed by atoms with Crippen molar-refractivity contribution in [2.75, 3.05) is 11.9 Å². The maximum absolute atomic E-state index is 12.4. The van der Waals surface area contributed by atoms with Crippen molar-refractivity contribution in [2.45, 2.75) is 19.3 Å². The van der Waals surface area contributed by atoms with Gasteiger partial charge >= 0.3 is 0 Å². The van der Waals surface area contributed by atoms with Gasteiger partial charge in [-0.15, -0.1) is 0 Å². The smallest absolute Gasteiger partial charge is 0.292 e. The molecule has 0 aliphatic rings. The van der Waals surface area contributed by atoms with Crippen molar-refractivity contribution >= 4 is 40.5 Å². The second-order valence-corrected chi connectivity index (χ2v) is 5.95. The van der Waals surface area contributed by atoms with Crippen LogP contribution in [-0.2, 0) is 0 Å². The number of benzene rings is 1. The summed E-state index contributed by atoms with van der Waals surface area (Å²) in [5.74, 6) is 0. The summed E-state index contributed by atoms with van der Waals surface area (Å²) < 4.78 is 1.13. The topological polar surface area (TPSA) is 70.7 Å². The molecule has 0 bridgehead atoms. The van der Waals surface area contributed by atoms with E-state index in [1.165, 1.54) is 12.3 Å². The van der Waals surface area contributed by atoms with Crippen LogP contribution in [0.15, 0.2) is 29.2 Å². The molecule has 0 radical (unpaired) electrons. The van der Waals surface area contributed by atoms with Gasteiger partial charge < -0.3 is 5.32 Å². The molecule has 0 amide bonds. The fourth-order valence-electron chi connectivity index (χ4n) is 1.93. The Morgan fingerprint density at radius 2 is 2.04 bits per heavy atom. The van der Waals surface area contributed by atoms with E-state index in [9.17, 15) is 4.79 Å². The van der Waals surface area contributed by atoms with Crippen molar-refractivity contribution in [2.24, 2.45) is 0 Å². The zero-order valence-electron chi connectivity index (χ0n) is 12.0. The highest BCUT2D eigenvalue weighted by molar-refractivity contribution is 6.36. The van der Waals surface area contributed by atoms with Crippen LogP contribution in [0.4, 0.5) is 5.69 Å². The molecule has 0 saturated carbocycles. The zero-order valence-corrected chi connectivity index (χ0v) is 14.3. The third-order valence-corrected chi connectivity index (χ3v) is 3.99. The van der Waals surface area contributed by atoms with Crippen molar-refractivity contribution in [3.05, 3.63) is 49.8 Å². The Morgan fingerprint density at radius 1 is 1.26 bits per heavy atom. The summed E-state index contributed by atoms with van der Waals surface area (Å²) >= 11 is 18.1. The van der Waals surface area contributed by atoms with E-state index >= 15 is 0 Å². The minimum absolute atomic E-state index is 0.0336. The molecule has 0 atom stereocenters. The van der Waals surface area contributed by atoms with Crippen molar-refractivity contribution in [1.29, 1.82) is 5.26 Å². The molecule has 0 saturated heterocycles. The van der Waals surface area contributed by atoms with E-state index in [0.29, 0.717) is 34.4 Å². The quantitative estimate of drug-likeness (QED) is 0.769. The summed E-state index contributed by atoms with van der Waals surface area (Å²) in [5.41, 5.74) is 0.386. The average Bonchev–Trinajstić information content (AvgIpc) is 2.52. The van der Waals surface area contributed by atoms with Gasteiger partial charge in [-0.1, -0.05) is 34.8 Å². The lowest BCUT2D eigenvalue weighted by molar-refractivity contribution is 0.777. The van der Waals surface area contributed by atoms with Crippen LogP contribution in [-0.4, -0.2) is 16.3 Å². The number of hydrogen-bond acceptors (Lipinski definition) is 4. The van der Waals surface area contributed by atoms with E-state index in [-0.39, 0.29) is 5.02 Å². The molecule has 1 aromatic carbocycles. The van der Waals surface area contributed by atoms with E-state index in [1.807, 2.05) is 0 Å². The van der Waals surface area contributed by atoms with Crippen molar-refractivity contribution in [3.8, 4) is 11.8 Å². The molecule has 0 spiro atoms. The van der Waals surface area contributed by atoms with Gasteiger partial charge in [-0.05, 0) is 31.0 Å². The third-order valence-electron chi connectivity index (χ3n) is 3.09. The molecule has 23 heavy (non-hydrogen) atoms. The molecule has 2 aromatic rings. The molecule has 120 valence electrons. The first-order valence-corrected chi connectivity index (χ1v) is 8.02. The lowest BCUT2D eigenvalue weighted by Crippen LogP contribution is -2.23. The molecule has 0 aliphatic carbocycles. The van der Waals surface area contributed by atoms with Crippen molar-refractivity contribution in [3.63, 3.8) is 0 Å². The van der Waals surface area contributed by atoms with Crippen LogP contribution in [0.1, 0.15) is 19.3 Å². The number of nitriles is 1. The number of nitrogens with zero attached hydrogens (tertiary/aromatic N) is 3. The van der Waals surface area contributed by atoms with E-state index in [1.54, 1.807) is 12.1 Å². The molecule has 0 unspecified atom stereocenters. The first-order chi connectivity index (χ1) is 11.0. The highest BCUT2D eigenvalue weighted by Crippen LogP contribution is 2.24. The molecule has 0 aliphatic heterocycles. The largest absolute Gasteiger partial charge is 0.382 e. The summed E-state index contributed by atoms with van der Waals surface area (Å²) in [6.07, 6.45) is 3.56. The van der Waals surface area contributed by atoms with Crippen molar-refractivity contribution in [1.82, 2.24) is 9.78 Å². The van der Waals surface area contributed by atoms with Crippen molar-refractivity contribution < 1.29 is 0 Å². The van der Waals surface area contributed by atoms with Crippen LogP contribution in [0.3, 0.4) is 0 Å². The van der Waals surface area contributed by atoms with Gasteiger partial charge in [0.1, 0.15) is 5.02 Å². The Hall–Kier alpha value is -1.74. The Bertz CT molecular complexity index is 798. The van der Waals surface area contributed by atoms with Gasteiger partial charge in [0, 0.05) is 18.0 Å². The fourth-order valence-corrected chi connectivity index (χ4v) is 2.62. The van der Waals surface area contributed by atoms with Crippen LogP contribution in [0.5, 0.6) is 0 Å². The van der Waals surface area contributed by atoms with E-state index in [4.69, 9.17) is 40.1 Å². The summed E-state index contributed by atoms with van der Waals surface area (Å²) in [7, 11) is 0. The van der Waals surface area contributed by atoms with Gasteiger partial charge in [-0.3, -0.25) is 4.79 Å². The molecule has 2 rings (SSSR count). The number of rotatable bonds is 6. The monoisotopic (exact) mass is 370 g/mol. The summed E-state index contributed by atoms with van der Waals surface area (Å²) in [5, 5.41) is 16.4. The van der Waals surface area contributed by atoms with E-state index in [2.05, 4.69) is 16.5 Å². The molecule has 8 heteroatoms. The number of nitrogens with one attached hydrogen (secondary N) is 1. The molecular weight excluding hydrogens is 359 g/mol. The number of aromatic nitrogens is 2. The van der Waals surface area contributed by atoms with Gasteiger partial charge in [0.15, 0.2) is 0 Å². The Morgan fingerprint density at radius 3 is 2.74 bits per heavy atom. The Kier molecular flexibility index (Phi) is 6.28. The Labute approximate surface area is 148 Å². The number of hydrogen-bond donors (Lipinski definition) is 1. The molecule has 1 N–H and O–H groups in total. The summed E-state index contributed by atoms with van der Waals surface area (Å²) in [6.45, 7) is 0.605. The second-order valence-electron chi connectivity index (χ2n) is 4.73. The van der Waals surface area contributed by atoms with Crippen LogP contribution >= 0.6 is 34.8 Å². The molecular formula is C15H13Cl3N4O. The van der Waals surface area contributed by atoms with Crippen LogP contribution in [0, 0.1) is 11.3 Å². The normalized spacial score (nSPS) is 10.3. The van der Waals surface area contributed by atoms with Gasteiger partial charge in [-0.2, -0.15) is 15.0 Å². The maximum Gasteiger partial charge on any atom is 0.292 e. The minimum Gasteiger partial charge on any atom is -0.382 e. The van der Waals surface area contributed by atoms with Crippen LogP contribution in [0.25, 0.3) is 5.69 Å². The van der Waals surface area contributed by atoms with E-state index < -0.39 is 5.56 Å². The summed E-state index contributed by atoms with van der Waals surface area (Å²) in [4.78, 5) is 12.4. The number of halogens is 3. The van der Waals surface area contributed by atoms with Gasteiger partial charge in [0.05, 0.1) is 28.7 Å². The standard InChI is InChI=1S/C15H13Cl3N4O/c16-10-4-5-13(11(17)8-10)22-15(23)14(18)12(9-21-22)20-7-3-1-2-6-19/h4-5,8-9,20H,1-3,7H2. The average molecular weight is 372 g/mol. The van der Waals surface area contributed by atoms with E-state index in [0.717, 1.165) is 17.5 Å². The molecule has 1 heterocycles. The summed E-state index contributed by atoms with van der Waals surface area (Å²) in [6, 6.07) is 6.83. The Balaban J connectivity index is 2.21. The third kappa shape index (κ3) is 4.38. The second kappa shape index (κ2) is 8.21. The highest BCUT2D eigenvalue weighted by atomic mass is 35.5. The molecule has 0 fully saturated rings. The van der Waals surface area contributed by atoms with Gasteiger partial charge in [0.2, 0.25) is 0 Å². The minimum atomic E-state index is -0.474. The fraction of sp³-hybridized carbons (Fsp3) is 0.267. The predicted molar refractivity (Wildman–Crippen MR) is 92.8 cm³/mol. The predicted octanol–water partition coefficient (Wildman–Crippen LogP) is 4.30. The molecule has 5 nitrogen and oxygen atoms in total.